The first-order valence-electron chi connectivity index (χ1n) is 5.29. The van der Waals surface area contributed by atoms with E-state index in [1.807, 2.05) is 0 Å². The van der Waals surface area contributed by atoms with Crippen LogP contribution >= 0.6 is 0 Å². The number of hydrogen-bond donors (Lipinski definition) is 1. The Kier molecular flexibility index (Phi) is 3.53. The van der Waals surface area contributed by atoms with Crippen molar-refractivity contribution in [1.82, 2.24) is 4.98 Å². The number of aromatic nitrogens is 1. The first-order chi connectivity index (χ1) is 9.18. The van der Waals surface area contributed by atoms with Crippen LogP contribution in [0.1, 0.15) is 5.56 Å². The third-order valence-electron chi connectivity index (χ3n) is 2.54. The van der Waals surface area contributed by atoms with Crippen molar-refractivity contribution in [3.05, 3.63) is 48.2 Å². The summed E-state index contributed by atoms with van der Waals surface area (Å²) in [7, 11) is -4.34. The van der Waals surface area contributed by atoms with Crippen molar-refractivity contribution in [1.29, 1.82) is 0 Å². The minimum absolute atomic E-state index is 0.297. The molecule has 0 aliphatic heterocycles. The van der Waals surface area contributed by atoms with Gasteiger partial charge in [0.1, 0.15) is 4.90 Å². The van der Waals surface area contributed by atoms with Crippen LogP contribution < -0.4 is 0 Å². The summed E-state index contributed by atoms with van der Waals surface area (Å²) >= 11 is 0. The van der Waals surface area contributed by atoms with Crippen molar-refractivity contribution in [2.24, 2.45) is 0 Å². The maximum Gasteiger partial charge on any atom is 0.416 e. The molecular formula is C12H8F3NO3S. The molecule has 106 valence electrons. The Morgan fingerprint density at radius 1 is 1.00 bits per heavy atom. The molecule has 1 aromatic carbocycles. The summed E-state index contributed by atoms with van der Waals surface area (Å²) in [4.78, 5) is 3.41. The quantitative estimate of drug-likeness (QED) is 0.866. The Bertz CT molecular complexity index is 707. The van der Waals surface area contributed by atoms with Crippen molar-refractivity contribution in [2.75, 3.05) is 0 Å². The van der Waals surface area contributed by atoms with E-state index in [-0.39, 0.29) is 4.90 Å². The fraction of sp³-hybridized carbons (Fsp3) is 0.0833. The van der Waals surface area contributed by atoms with Gasteiger partial charge < -0.3 is 0 Å². The van der Waals surface area contributed by atoms with Gasteiger partial charge in [0, 0.05) is 11.8 Å². The molecule has 0 spiro atoms. The molecule has 8 heteroatoms. The van der Waals surface area contributed by atoms with Gasteiger partial charge in [-0.3, -0.25) is 9.54 Å². The summed E-state index contributed by atoms with van der Waals surface area (Å²) in [5.41, 5.74) is -0.0816. The first kappa shape index (κ1) is 14.5. The minimum Gasteiger partial charge on any atom is -0.282 e. The summed E-state index contributed by atoms with van der Waals surface area (Å²) < 4.78 is 67.6. The predicted octanol–water partition coefficient (Wildman–Crippen LogP) is 3.01. The van der Waals surface area contributed by atoms with E-state index < -0.39 is 21.9 Å². The van der Waals surface area contributed by atoms with Crippen molar-refractivity contribution in [3.8, 4) is 11.3 Å². The molecule has 2 rings (SSSR count). The molecular weight excluding hydrogens is 295 g/mol. The second-order valence-electron chi connectivity index (χ2n) is 3.93. The van der Waals surface area contributed by atoms with Crippen LogP contribution in [0, 0.1) is 0 Å². The van der Waals surface area contributed by atoms with E-state index >= 15 is 0 Å². The van der Waals surface area contributed by atoms with Crippen LogP contribution in [0.5, 0.6) is 0 Å². The van der Waals surface area contributed by atoms with E-state index in [4.69, 9.17) is 4.55 Å². The normalized spacial score (nSPS) is 12.4. The lowest BCUT2D eigenvalue weighted by Gasteiger charge is -2.07. The molecule has 0 aliphatic carbocycles. The molecule has 0 atom stereocenters. The molecule has 4 nitrogen and oxygen atoms in total. The molecule has 0 radical (unpaired) electrons. The summed E-state index contributed by atoms with van der Waals surface area (Å²) in [6.07, 6.45) is -3.48. The summed E-state index contributed by atoms with van der Waals surface area (Å²) in [6, 6.07) is 6.71. The standard InChI is InChI=1S/C12H8F3NO3S/c13-12(14,15)9-3-1-8(2-4-9)11-6-5-10(7-16-11)20(17,18)19/h1-7H,(H,17,18,19). The highest BCUT2D eigenvalue weighted by molar-refractivity contribution is 7.85. The second kappa shape index (κ2) is 4.88. The third-order valence-corrected chi connectivity index (χ3v) is 3.38. The molecule has 0 fully saturated rings. The molecule has 0 saturated carbocycles. The molecule has 20 heavy (non-hydrogen) atoms. The summed E-state index contributed by atoms with van der Waals surface area (Å²) in [5.74, 6) is 0. The Morgan fingerprint density at radius 3 is 2.00 bits per heavy atom. The molecule has 1 N–H and O–H groups in total. The van der Waals surface area contributed by atoms with Gasteiger partial charge in [-0.25, -0.2) is 0 Å². The molecule has 0 saturated heterocycles. The van der Waals surface area contributed by atoms with E-state index in [0.717, 1.165) is 24.4 Å². The van der Waals surface area contributed by atoms with E-state index in [0.29, 0.717) is 11.3 Å². The van der Waals surface area contributed by atoms with E-state index in [9.17, 15) is 21.6 Å². The molecule has 2 aromatic rings. The number of hydrogen-bond acceptors (Lipinski definition) is 3. The zero-order chi connectivity index (χ0) is 15.0. The van der Waals surface area contributed by atoms with Gasteiger partial charge in [0.25, 0.3) is 10.1 Å². The predicted molar refractivity (Wildman–Crippen MR) is 64.5 cm³/mol. The van der Waals surface area contributed by atoms with E-state index in [1.165, 1.54) is 18.2 Å². The Labute approximate surface area is 112 Å². The smallest absolute Gasteiger partial charge is 0.282 e. The first-order valence-corrected chi connectivity index (χ1v) is 6.73. The third kappa shape index (κ3) is 3.14. The van der Waals surface area contributed by atoms with Crippen molar-refractivity contribution < 1.29 is 26.1 Å². The second-order valence-corrected chi connectivity index (χ2v) is 5.35. The topological polar surface area (TPSA) is 67.3 Å². The van der Waals surface area contributed by atoms with Gasteiger partial charge in [0.15, 0.2) is 0 Å². The van der Waals surface area contributed by atoms with E-state index in [1.54, 1.807) is 0 Å². The number of nitrogens with zero attached hydrogens (tertiary/aromatic N) is 1. The summed E-state index contributed by atoms with van der Waals surface area (Å²) in [6.45, 7) is 0. The molecule has 1 heterocycles. The SMILES string of the molecule is O=S(=O)(O)c1ccc(-c2ccc(C(F)(F)F)cc2)nc1. The average molecular weight is 303 g/mol. The van der Waals surface area contributed by atoms with Gasteiger partial charge in [0.05, 0.1) is 11.3 Å². The Hall–Kier alpha value is -1.93. The van der Waals surface area contributed by atoms with Gasteiger partial charge in [0.2, 0.25) is 0 Å². The number of benzene rings is 1. The highest BCUT2D eigenvalue weighted by atomic mass is 32.2. The largest absolute Gasteiger partial charge is 0.416 e. The molecule has 0 unspecified atom stereocenters. The lowest BCUT2D eigenvalue weighted by atomic mass is 10.1. The average Bonchev–Trinajstić information content (AvgIpc) is 2.37. The van der Waals surface area contributed by atoms with Crippen molar-refractivity contribution in [2.45, 2.75) is 11.1 Å². The number of pyridine rings is 1. The Balaban J connectivity index is 2.33. The van der Waals surface area contributed by atoms with Crippen molar-refractivity contribution in [3.63, 3.8) is 0 Å². The maximum atomic E-state index is 12.4. The van der Waals surface area contributed by atoms with Gasteiger partial charge in [-0.15, -0.1) is 0 Å². The minimum atomic E-state index is -4.42. The zero-order valence-corrected chi connectivity index (χ0v) is 10.6. The maximum absolute atomic E-state index is 12.4. The fourth-order valence-electron chi connectivity index (χ4n) is 1.53. The fourth-order valence-corrected chi connectivity index (χ4v) is 1.96. The van der Waals surface area contributed by atoms with Crippen LogP contribution in [-0.2, 0) is 16.3 Å². The van der Waals surface area contributed by atoms with Crippen molar-refractivity contribution >= 4 is 10.1 Å². The molecule has 0 bridgehead atoms. The van der Waals surface area contributed by atoms with Crippen LogP contribution in [0.2, 0.25) is 0 Å². The molecule has 0 aliphatic rings. The van der Waals surface area contributed by atoms with Gasteiger partial charge >= 0.3 is 6.18 Å². The highest BCUT2D eigenvalue weighted by Crippen LogP contribution is 2.30. The zero-order valence-electron chi connectivity index (χ0n) is 9.79. The lowest BCUT2D eigenvalue weighted by Crippen LogP contribution is -2.04. The van der Waals surface area contributed by atoms with E-state index in [2.05, 4.69) is 4.98 Å². The van der Waals surface area contributed by atoms with Gasteiger partial charge in [-0.1, -0.05) is 12.1 Å². The van der Waals surface area contributed by atoms with Crippen LogP contribution in [-0.4, -0.2) is 18.0 Å². The monoisotopic (exact) mass is 303 g/mol. The number of halogens is 3. The van der Waals surface area contributed by atoms with Gasteiger partial charge in [-0.2, -0.15) is 21.6 Å². The molecule has 1 aromatic heterocycles. The number of rotatable bonds is 2. The van der Waals surface area contributed by atoms with Crippen LogP contribution in [0.3, 0.4) is 0 Å². The highest BCUT2D eigenvalue weighted by Gasteiger charge is 2.30. The van der Waals surface area contributed by atoms with Crippen LogP contribution in [0.25, 0.3) is 11.3 Å². The Morgan fingerprint density at radius 2 is 1.60 bits per heavy atom. The molecule has 0 amide bonds. The number of alkyl halides is 3. The summed E-state index contributed by atoms with van der Waals surface area (Å²) in [5, 5.41) is 0. The van der Waals surface area contributed by atoms with Crippen LogP contribution in [0.4, 0.5) is 13.2 Å². The van der Waals surface area contributed by atoms with Crippen LogP contribution in [0.15, 0.2) is 47.5 Å². The van der Waals surface area contributed by atoms with Gasteiger partial charge in [-0.05, 0) is 24.3 Å². The lowest BCUT2D eigenvalue weighted by molar-refractivity contribution is -0.137.